The first-order chi connectivity index (χ1) is 17.3. The Kier molecular flexibility index (Phi) is 7.62. The second-order valence-electron chi connectivity index (χ2n) is 8.20. The molecule has 1 heterocycles. The molecule has 1 aromatic heterocycles. The molecule has 0 bridgehead atoms. The molecule has 0 saturated carbocycles. The predicted octanol–water partition coefficient (Wildman–Crippen LogP) is 5.43. The van der Waals surface area contributed by atoms with Gasteiger partial charge in [0.05, 0.1) is 17.1 Å². The fourth-order valence-electron chi connectivity index (χ4n) is 3.76. The molecular formula is C26H23F4N5O. The van der Waals surface area contributed by atoms with Gasteiger partial charge in [0.2, 0.25) is 0 Å². The standard InChI is InChI=1S/C26H23F4N5O/c27-14-24(31)32-11-1-2-21(25-33-22-12-19(29)20(30)13-23(22)34-25)35-26(36)17-5-3-15(4-6-17)16-7-9-18(28)10-8-16/h3-10,12-13,21H,1-2,11,14H2,(H2,31,32)(H,33,34)(H,35,36)/t21-/m0/s1. The second kappa shape index (κ2) is 11.0. The molecule has 0 aliphatic heterocycles. The van der Waals surface area contributed by atoms with E-state index in [4.69, 9.17) is 5.41 Å². The van der Waals surface area contributed by atoms with Gasteiger partial charge < -0.3 is 15.6 Å². The van der Waals surface area contributed by atoms with Crippen LogP contribution >= 0.6 is 0 Å². The molecule has 0 radical (unpaired) electrons. The Bertz CT molecular complexity index is 1330. The van der Waals surface area contributed by atoms with E-state index in [2.05, 4.69) is 20.6 Å². The minimum absolute atomic E-state index is 0.212. The minimum Gasteiger partial charge on any atom is -0.372 e. The number of imidazole rings is 1. The molecule has 3 aromatic carbocycles. The van der Waals surface area contributed by atoms with E-state index in [0.29, 0.717) is 30.8 Å². The molecule has 0 spiro atoms. The molecule has 0 saturated heterocycles. The van der Waals surface area contributed by atoms with E-state index < -0.39 is 30.3 Å². The van der Waals surface area contributed by atoms with Crippen LogP contribution in [0.15, 0.2) is 60.7 Å². The molecule has 36 heavy (non-hydrogen) atoms. The largest absolute Gasteiger partial charge is 0.372 e. The molecule has 1 atom stereocenters. The number of aromatic nitrogens is 2. The number of rotatable bonds is 9. The van der Waals surface area contributed by atoms with Crippen LogP contribution in [0.3, 0.4) is 0 Å². The quantitative estimate of drug-likeness (QED) is 0.107. The molecule has 6 nitrogen and oxygen atoms in total. The lowest BCUT2D eigenvalue weighted by atomic mass is 10.0. The van der Waals surface area contributed by atoms with Gasteiger partial charge in [0.1, 0.15) is 24.2 Å². The van der Waals surface area contributed by atoms with Gasteiger partial charge in [-0.1, -0.05) is 24.3 Å². The number of aromatic amines is 1. The number of hydrogen-bond donors (Lipinski definition) is 4. The maximum atomic E-state index is 13.7. The number of hydrogen-bond acceptors (Lipinski definition) is 3. The van der Waals surface area contributed by atoms with Crippen LogP contribution in [0, 0.1) is 22.9 Å². The van der Waals surface area contributed by atoms with Crippen LogP contribution < -0.4 is 10.6 Å². The fourth-order valence-corrected chi connectivity index (χ4v) is 3.76. The Morgan fingerprint density at radius 3 is 2.28 bits per heavy atom. The van der Waals surface area contributed by atoms with Gasteiger partial charge in [0, 0.05) is 24.2 Å². The van der Waals surface area contributed by atoms with E-state index in [9.17, 15) is 22.4 Å². The van der Waals surface area contributed by atoms with Crippen LogP contribution in [0.2, 0.25) is 0 Å². The van der Waals surface area contributed by atoms with Crippen LogP contribution in [0.25, 0.3) is 22.2 Å². The Balaban J connectivity index is 1.52. The highest BCUT2D eigenvalue weighted by Crippen LogP contribution is 2.24. The van der Waals surface area contributed by atoms with E-state index in [-0.39, 0.29) is 22.7 Å². The smallest absolute Gasteiger partial charge is 0.251 e. The molecule has 4 aromatic rings. The number of carbonyl (C=O) groups is 1. The number of H-pyrrole nitrogens is 1. The zero-order chi connectivity index (χ0) is 25.7. The van der Waals surface area contributed by atoms with Crippen molar-refractivity contribution in [3.63, 3.8) is 0 Å². The van der Waals surface area contributed by atoms with Gasteiger partial charge in [-0.05, 0) is 48.2 Å². The summed E-state index contributed by atoms with van der Waals surface area (Å²) in [7, 11) is 0. The average Bonchev–Trinajstić information content (AvgIpc) is 3.28. The molecule has 0 fully saturated rings. The highest BCUT2D eigenvalue weighted by atomic mass is 19.2. The van der Waals surface area contributed by atoms with E-state index in [1.165, 1.54) is 12.1 Å². The van der Waals surface area contributed by atoms with Crippen molar-refractivity contribution >= 4 is 22.8 Å². The first-order valence-electron chi connectivity index (χ1n) is 11.2. The van der Waals surface area contributed by atoms with Crippen molar-refractivity contribution in [1.29, 1.82) is 5.41 Å². The lowest BCUT2D eigenvalue weighted by Crippen LogP contribution is -2.31. The van der Waals surface area contributed by atoms with Gasteiger partial charge in [0.15, 0.2) is 11.6 Å². The third-order valence-electron chi connectivity index (χ3n) is 5.64. The molecule has 1 amide bonds. The summed E-state index contributed by atoms with van der Waals surface area (Å²) in [4.78, 5) is 20.3. The molecule has 10 heteroatoms. The van der Waals surface area contributed by atoms with Crippen molar-refractivity contribution < 1.29 is 22.4 Å². The van der Waals surface area contributed by atoms with Gasteiger partial charge >= 0.3 is 0 Å². The molecule has 4 N–H and O–H groups in total. The zero-order valence-electron chi connectivity index (χ0n) is 19.0. The number of benzene rings is 3. The highest BCUT2D eigenvalue weighted by molar-refractivity contribution is 5.95. The van der Waals surface area contributed by atoms with Crippen molar-refractivity contribution in [3.8, 4) is 11.1 Å². The van der Waals surface area contributed by atoms with Crippen molar-refractivity contribution in [2.24, 2.45) is 0 Å². The van der Waals surface area contributed by atoms with Crippen LogP contribution in [0.4, 0.5) is 17.6 Å². The summed E-state index contributed by atoms with van der Waals surface area (Å²) >= 11 is 0. The maximum absolute atomic E-state index is 13.7. The van der Waals surface area contributed by atoms with E-state index in [1.54, 1.807) is 36.4 Å². The Hall–Kier alpha value is -4.21. The lowest BCUT2D eigenvalue weighted by molar-refractivity contribution is 0.0932. The van der Waals surface area contributed by atoms with Crippen LogP contribution in [0.5, 0.6) is 0 Å². The molecule has 0 aliphatic carbocycles. The van der Waals surface area contributed by atoms with Crippen molar-refractivity contribution in [1.82, 2.24) is 20.6 Å². The van der Waals surface area contributed by atoms with E-state index >= 15 is 0 Å². The molecule has 4 rings (SSSR count). The van der Waals surface area contributed by atoms with Gasteiger partial charge in [-0.3, -0.25) is 10.2 Å². The minimum atomic E-state index is -1.03. The van der Waals surface area contributed by atoms with E-state index in [1.807, 2.05) is 0 Å². The van der Waals surface area contributed by atoms with Crippen LogP contribution in [0.1, 0.15) is 35.1 Å². The van der Waals surface area contributed by atoms with Crippen molar-refractivity contribution in [3.05, 3.63) is 89.5 Å². The van der Waals surface area contributed by atoms with Crippen molar-refractivity contribution in [2.75, 3.05) is 13.2 Å². The number of amides is 1. The number of fused-ring (bicyclic) bond motifs is 1. The number of nitrogens with zero attached hydrogens (tertiary/aromatic N) is 1. The average molecular weight is 497 g/mol. The van der Waals surface area contributed by atoms with Gasteiger partial charge in [0.25, 0.3) is 5.91 Å². The summed E-state index contributed by atoms with van der Waals surface area (Å²) in [6.07, 6.45) is 0.813. The maximum Gasteiger partial charge on any atom is 0.251 e. The summed E-state index contributed by atoms with van der Waals surface area (Å²) in [5, 5.41) is 12.9. The van der Waals surface area contributed by atoms with E-state index in [0.717, 1.165) is 23.3 Å². The Morgan fingerprint density at radius 2 is 1.61 bits per heavy atom. The molecule has 0 aliphatic rings. The zero-order valence-corrected chi connectivity index (χ0v) is 19.0. The first-order valence-corrected chi connectivity index (χ1v) is 11.2. The van der Waals surface area contributed by atoms with Crippen molar-refractivity contribution in [2.45, 2.75) is 18.9 Å². The van der Waals surface area contributed by atoms with Gasteiger partial charge in [-0.25, -0.2) is 22.5 Å². The molecule has 0 unspecified atom stereocenters. The summed E-state index contributed by atoms with van der Waals surface area (Å²) in [6.45, 7) is -0.611. The fraction of sp³-hybridized carbons (Fsp3) is 0.192. The molecule has 186 valence electrons. The van der Waals surface area contributed by atoms with Crippen LogP contribution in [-0.4, -0.2) is 34.9 Å². The second-order valence-corrected chi connectivity index (χ2v) is 8.20. The summed E-state index contributed by atoms with van der Waals surface area (Å²) in [6, 6.07) is 14.1. The number of halogens is 4. The third kappa shape index (κ3) is 5.88. The summed E-state index contributed by atoms with van der Waals surface area (Å²) in [5.41, 5.74) is 2.48. The number of nitrogens with one attached hydrogen (secondary N) is 4. The summed E-state index contributed by atoms with van der Waals surface area (Å²) < 4.78 is 53.0. The normalized spacial score (nSPS) is 11.9. The van der Waals surface area contributed by atoms with Crippen LogP contribution in [-0.2, 0) is 0 Å². The predicted molar refractivity (Wildman–Crippen MR) is 129 cm³/mol. The lowest BCUT2D eigenvalue weighted by Gasteiger charge is -2.17. The monoisotopic (exact) mass is 497 g/mol. The topological polar surface area (TPSA) is 93.7 Å². The SMILES string of the molecule is N=C(CF)NCCC[C@H](NC(=O)c1ccc(-c2ccc(F)cc2)cc1)c1nc2cc(F)c(F)cc2[nH]1. The number of amidine groups is 1. The third-order valence-corrected chi connectivity index (χ3v) is 5.64. The Labute approximate surface area is 204 Å². The molecular weight excluding hydrogens is 474 g/mol. The first kappa shape index (κ1) is 24.9. The number of alkyl halides is 1. The number of carbonyl (C=O) groups excluding carboxylic acids is 1. The van der Waals surface area contributed by atoms with Gasteiger partial charge in [-0.15, -0.1) is 0 Å². The Morgan fingerprint density at radius 1 is 0.972 bits per heavy atom. The summed E-state index contributed by atoms with van der Waals surface area (Å²) in [5.74, 6) is -2.72. The highest BCUT2D eigenvalue weighted by Gasteiger charge is 2.20. The van der Waals surface area contributed by atoms with Gasteiger partial charge in [-0.2, -0.15) is 0 Å².